The van der Waals surface area contributed by atoms with Crippen LogP contribution in [0.1, 0.15) is 56.3 Å². The highest BCUT2D eigenvalue weighted by Crippen LogP contribution is 2.30. The number of hydrogen-bond acceptors (Lipinski definition) is 5. The van der Waals surface area contributed by atoms with E-state index in [9.17, 15) is 9.59 Å². The minimum absolute atomic E-state index is 0.0759. The molecule has 114 valence electrons. The first-order valence-corrected chi connectivity index (χ1v) is 7.51. The van der Waals surface area contributed by atoms with Crippen LogP contribution in [0.5, 0.6) is 0 Å². The number of hydrogen-bond donors (Lipinski definition) is 1. The van der Waals surface area contributed by atoms with Gasteiger partial charge in [0.25, 0.3) is 0 Å². The Morgan fingerprint density at radius 1 is 1.38 bits per heavy atom. The predicted molar refractivity (Wildman–Crippen MR) is 72.8 cm³/mol. The molecule has 1 aliphatic heterocycles. The topological polar surface area (TPSA) is 88.3 Å². The zero-order valence-corrected chi connectivity index (χ0v) is 12.2. The number of nitrogens with one attached hydrogen (secondary N) is 1. The van der Waals surface area contributed by atoms with Gasteiger partial charge in [-0.25, -0.2) is 0 Å². The van der Waals surface area contributed by atoms with Crippen LogP contribution in [0.15, 0.2) is 4.52 Å². The fourth-order valence-electron chi connectivity index (χ4n) is 3.07. The van der Waals surface area contributed by atoms with Crippen molar-refractivity contribution in [2.75, 3.05) is 7.05 Å². The van der Waals surface area contributed by atoms with Crippen LogP contribution in [-0.4, -0.2) is 33.9 Å². The number of nitrogens with zero attached hydrogens (tertiary/aromatic N) is 3. The van der Waals surface area contributed by atoms with Crippen molar-refractivity contribution in [1.82, 2.24) is 20.4 Å². The molecule has 2 amide bonds. The van der Waals surface area contributed by atoms with E-state index < -0.39 is 0 Å². The third kappa shape index (κ3) is 2.91. The lowest BCUT2D eigenvalue weighted by Gasteiger charge is -2.15. The third-order valence-corrected chi connectivity index (χ3v) is 4.41. The zero-order chi connectivity index (χ0) is 14.8. The zero-order valence-electron chi connectivity index (χ0n) is 12.2. The predicted octanol–water partition coefficient (Wildman–Crippen LogP) is 1.17. The highest BCUT2D eigenvalue weighted by atomic mass is 16.5. The maximum Gasteiger partial charge on any atom is 0.249 e. The van der Waals surface area contributed by atoms with Gasteiger partial charge in [0.05, 0.1) is 6.54 Å². The Balaban J connectivity index is 1.55. The number of aromatic nitrogens is 2. The van der Waals surface area contributed by atoms with Crippen LogP contribution >= 0.6 is 0 Å². The van der Waals surface area contributed by atoms with Crippen LogP contribution < -0.4 is 5.32 Å². The molecule has 7 nitrogen and oxygen atoms in total. The molecule has 0 radical (unpaired) electrons. The van der Waals surface area contributed by atoms with E-state index in [1.807, 2.05) is 0 Å². The van der Waals surface area contributed by atoms with Crippen molar-refractivity contribution < 1.29 is 14.1 Å². The molecule has 3 rings (SSSR count). The Labute approximate surface area is 123 Å². The Kier molecular flexibility index (Phi) is 3.90. The minimum atomic E-state index is -0.135. The molecule has 1 saturated heterocycles. The third-order valence-electron chi connectivity index (χ3n) is 4.41. The summed E-state index contributed by atoms with van der Waals surface area (Å²) in [6.45, 7) is 0.281. The second-order valence-corrected chi connectivity index (χ2v) is 5.81. The molecule has 1 aliphatic carbocycles. The van der Waals surface area contributed by atoms with Crippen molar-refractivity contribution in [3.8, 4) is 0 Å². The Hall–Kier alpha value is -1.92. The normalized spacial score (nSPS) is 23.0. The Bertz CT molecular complexity index is 536. The Morgan fingerprint density at radius 3 is 2.81 bits per heavy atom. The first-order valence-electron chi connectivity index (χ1n) is 7.51. The van der Waals surface area contributed by atoms with Crippen LogP contribution in [0.4, 0.5) is 0 Å². The minimum Gasteiger partial charge on any atom is -0.348 e. The molecule has 2 fully saturated rings. The van der Waals surface area contributed by atoms with Crippen LogP contribution in [0.25, 0.3) is 0 Å². The van der Waals surface area contributed by atoms with E-state index >= 15 is 0 Å². The SMILES string of the molecule is CN1C(=O)CC[C@H]1c1nc(CNC(=O)C2CCCC2)no1. The summed E-state index contributed by atoms with van der Waals surface area (Å²) in [5.74, 6) is 1.22. The number of carbonyl (C=O) groups excluding carboxylic acids is 2. The van der Waals surface area contributed by atoms with E-state index in [-0.39, 0.29) is 30.3 Å². The molecular formula is C14H20N4O3. The van der Waals surface area contributed by atoms with E-state index in [2.05, 4.69) is 15.5 Å². The standard InChI is InChI=1S/C14H20N4O3/c1-18-10(6-7-12(18)19)14-16-11(17-21-14)8-15-13(20)9-4-2-3-5-9/h9-10H,2-8H2,1H3,(H,15,20)/t10-/m0/s1. The highest BCUT2D eigenvalue weighted by molar-refractivity contribution is 5.79. The molecular weight excluding hydrogens is 272 g/mol. The van der Waals surface area contributed by atoms with Crippen molar-refractivity contribution in [3.63, 3.8) is 0 Å². The lowest BCUT2D eigenvalue weighted by molar-refractivity contribution is -0.128. The molecule has 1 aromatic heterocycles. The summed E-state index contributed by atoms with van der Waals surface area (Å²) in [6.07, 6.45) is 5.41. The summed E-state index contributed by atoms with van der Waals surface area (Å²) in [7, 11) is 1.74. The number of rotatable bonds is 4. The van der Waals surface area contributed by atoms with Gasteiger partial charge in [-0.05, 0) is 19.3 Å². The van der Waals surface area contributed by atoms with Crippen LogP contribution in [0.3, 0.4) is 0 Å². The smallest absolute Gasteiger partial charge is 0.249 e. The Morgan fingerprint density at radius 2 is 2.14 bits per heavy atom. The van der Waals surface area contributed by atoms with E-state index in [0.717, 1.165) is 25.7 Å². The van der Waals surface area contributed by atoms with Gasteiger partial charge in [-0.3, -0.25) is 9.59 Å². The van der Waals surface area contributed by atoms with Crippen LogP contribution in [0, 0.1) is 5.92 Å². The summed E-state index contributed by atoms with van der Waals surface area (Å²) in [6, 6.07) is -0.135. The maximum absolute atomic E-state index is 11.9. The average molecular weight is 292 g/mol. The van der Waals surface area contributed by atoms with E-state index in [0.29, 0.717) is 24.6 Å². The van der Waals surface area contributed by atoms with Crippen molar-refractivity contribution in [3.05, 3.63) is 11.7 Å². The molecule has 2 aliphatic rings. The molecule has 1 aromatic rings. The fourth-order valence-corrected chi connectivity index (χ4v) is 3.07. The molecule has 0 spiro atoms. The summed E-state index contributed by atoms with van der Waals surface area (Å²) in [5.41, 5.74) is 0. The summed E-state index contributed by atoms with van der Waals surface area (Å²) < 4.78 is 5.22. The van der Waals surface area contributed by atoms with Gasteiger partial charge in [-0.2, -0.15) is 4.98 Å². The van der Waals surface area contributed by atoms with Crippen molar-refractivity contribution in [2.24, 2.45) is 5.92 Å². The van der Waals surface area contributed by atoms with Crippen molar-refractivity contribution in [1.29, 1.82) is 0 Å². The summed E-state index contributed by atoms with van der Waals surface area (Å²) in [5, 5.41) is 6.74. The highest BCUT2D eigenvalue weighted by Gasteiger charge is 2.33. The van der Waals surface area contributed by atoms with Gasteiger partial charge in [0.1, 0.15) is 6.04 Å². The van der Waals surface area contributed by atoms with Crippen molar-refractivity contribution in [2.45, 2.75) is 51.1 Å². The van der Waals surface area contributed by atoms with Gasteiger partial charge < -0.3 is 14.7 Å². The van der Waals surface area contributed by atoms with Gasteiger partial charge in [-0.15, -0.1) is 0 Å². The molecule has 0 aromatic carbocycles. The monoisotopic (exact) mass is 292 g/mol. The van der Waals surface area contributed by atoms with E-state index in [1.165, 1.54) is 0 Å². The molecule has 21 heavy (non-hydrogen) atoms. The molecule has 0 bridgehead atoms. The lowest BCUT2D eigenvalue weighted by Crippen LogP contribution is -2.29. The second kappa shape index (κ2) is 5.83. The van der Waals surface area contributed by atoms with Crippen molar-refractivity contribution >= 4 is 11.8 Å². The van der Waals surface area contributed by atoms with Gasteiger partial charge in [-0.1, -0.05) is 18.0 Å². The molecule has 2 heterocycles. The quantitative estimate of drug-likeness (QED) is 0.900. The number of amides is 2. The largest absolute Gasteiger partial charge is 0.348 e. The molecule has 1 N–H and O–H groups in total. The molecule has 7 heteroatoms. The van der Waals surface area contributed by atoms with Crippen LogP contribution in [0.2, 0.25) is 0 Å². The van der Waals surface area contributed by atoms with E-state index in [4.69, 9.17) is 4.52 Å². The van der Waals surface area contributed by atoms with Gasteiger partial charge in [0.2, 0.25) is 17.7 Å². The maximum atomic E-state index is 11.9. The summed E-state index contributed by atoms with van der Waals surface area (Å²) in [4.78, 5) is 29.4. The van der Waals surface area contributed by atoms with E-state index in [1.54, 1.807) is 11.9 Å². The van der Waals surface area contributed by atoms with Crippen LogP contribution in [-0.2, 0) is 16.1 Å². The van der Waals surface area contributed by atoms with Gasteiger partial charge >= 0.3 is 0 Å². The molecule has 0 unspecified atom stereocenters. The first kappa shape index (κ1) is 14.0. The summed E-state index contributed by atoms with van der Waals surface area (Å²) >= 11 is 0. The molecule has 1 saturated carbocycles. The van der Waals surface area contributed by atoms with Gasteiger partial charge in [0.15, 0.2) is 5.82 Å². The second-order valence-electron chi connectivity index (χ2n) is 5.81. The fraction of sp³-hybridized carbons (Fsp3) is 0.714. The van der Waals surface area contributed by atoms with Gasteiger partial charge in [0, 0.05) is 19.4 Å². The first-order chi connectivity index (χ1) is 10.1. The lowest BCUT2D eigenvalue weighted by atomic mass is 10.1. The molecule has 1 atom stereocenters. The average Bonchev–Trinajstić information content (AvgIpc) is 3.20. The number of likely N-dealkylation sites (tertiary alicyclic amines) is 1. The number of carbonyl (C=O) groups is 2.